The van der Waals surface area contributed by atoms with E-state index in [0.717, 1.165) is 0 Å². The number of carboxylic acids is 2. The van der Waals surface area contributed by atoms with Gasteiger partial charge in [-0.2, -0.15) is 0 Å². The van der Waals surface area contributed by atoms with Crippen molar-refractivity contribution in [3.8, 4) is 0 Å². The molecule has 0 unspecified atom stereocenters. The Bertz CT molecular complexity index is 230. The molecule has 0 aromatic carbocycles. The Balaban J connectivity index is -0.000000180. The van der Waals surface area contributed by atoms with Crippen molar-refractivity contribution < 1.29 is 30.0 Å². The molecule has 0 saturated carbocycles. The number of carbonyl (C=O) groups is 2. The lowest BCUT2D eigenvalue weighted by Crippen LogP contribution is -2.22. The zero-order valence-electron chi connectivity index (χ0n) is 10.1. The lowest BCUT2D eigenvalue weighted by Gasteiger charge is -2.06. The average molecular weight is 315 g/mol. The van der Waals surface area contributed by atoms with Gasteiger partial charge in [0.15, 0.2) is 0 Å². The Hall–Kier alpha value is -0.920. The van der Waals surface area contributed by atoms with Gasteiger partial charge in [0.05, 0.1) is 13.2 Å². The summed E-state index contributed by atoms with van der Waals surface area (Å²) in [5.41, 5.74) is 0.176. The van der Waals surface area contributed by atoms with Gasteiger partial charge in [0.1, 0.15) is 4.32 Å². The highest BCUT2D eigenvalue weighted by atomic mass is 79.9. The van der Waals surface area contributed by atoms with E-state index in [1.54, 1.807) is 13.8 Å². The van der Waals surface area contributed by atoms with Crippen LogP contribution in [0.25, 0.3) is 0 Å². The van der Waals surface area contributed by atoms with Crippen molar-refractivity contribution in [2.24, 2.45) is 0 Å². The van der Waals surface area contributed by atoms with Crippen molar-refractivity contribution >= 4 is 27.9 Å². The number of rotatable bonds is 3. The van der Waals surface area contributed by atoms with E-state index in [0.29, 0.717) is 0 Å². The average Bonchev–Trinajstić information content (AvgIpc) is 2.17. The third kappa shape index (κ3) is 25.4. The van der Waals surface area contributed by atoms with Gasteiger partial charge in [-0.15, -0.1) is 0 Å². The number of aliphatic hydroxyl groups excluding tert-OH is 2. The molecule has 6 nitrogen and oxygen atoms in total. The van der Waals surface area contributed by atoms with Crippen molar-refractivity contribution in [2.45, 2.75) is 25.1 Å². The van der Waals surface area contributed by atoms with Crippen molar-refractivity contribution in [3.05, 3.63) is 12.2 Å². The molecule has 0 heterocycles. The topological polar surface area (TPSA) is 115 Å². The number of halogens is 1. The van der Waals surface area contributed by atoms with Crippen molar-refractivity contribution in [3.63, 3.8) is 0 Å². The quantitative estimate of drug-likeness (QED) is 0.454. The van der Waals surface area contributed by atoms with E-state index < -0.39 is 16.3 Å². The van der Waals surface area contributed by atoms with Crippen LogP contribution in [0.5, 0.6) is 0 Å². The molecule has 0 aromatic rings. The number of carboxylic acid groups (broad SMARTS) is 2. The second kappa shape index (κ2) is 11.6. The highest BCUT2D eigenvalue weighted by Gasteiger charge is 2.21. The Morgan fingerprint density at radius 1 is 1.18 bits per heavy atom. The maximum Gasteiger partial charge on any atom is 0.330 e. The summed E-state index contributed by atoms with van der Waals surface area (Å²) in [5.74, 6) is -1.78. The van der Waals surface area contributed by atoms with Crippen LogP contribution in [-0.2, 0) is 9.59 Å². The Labute approximate surface area is 109 Å². The van der Waals surface area contributed by atoms with Gasteiger partial charge in [-0.1, -0.05) is 22.5 Å². The fourth-order valence-corrected chi connectivity index (χ4v) is 0. The summed E-state index contributed by atoms with van der Waals surface area (Å²) in [6.45, 7) is 7.51. The van der Waals surface area contributed by atoms with Crippen LogP contribution < -0.4 is 0 Å². The SMILES string of the molecule is C=C(C)C(=O)O.CC(C)(Br)C(=O)O.OCCO. The third-order valence-corrected chi connectivity index (χ3v) is 1.31. The summed E-state index contributed by atoms with van der Waals surface area (Å²) in [5, 5.41) is 31.3. The second-order valence-corrected chi connectivity index (χ2v) is 5.29. The predicted molar refractivity (Wildman–Crippen MR) is 67.3 cm³/mol. The predicted octanol–water partition coefficient (Wildman–Crippen LogP) is 0.863. The van der Waals surface area contributed by atoms with Crippen LogP contribution in [-0.4, -0.2) is 49.9 Å². The number of aliphatic hydroxyl groups is 2. The number of hydrogen-bond donors (Lipinski definition) is 4. The molecule has 17 heavy (non-hydrogen) atoms. The maximum absolute atomic E-state index is 9.97. The molecule has 4 N–H and O–H groups in total. The summed E-state index contributed by atoms with van der Waals surface area (Å²) in [6, 6.07) is 0. The largest absolute Gasteiger partial charge is 0.480 e. The van der Waals surface area contributed by atoms with Crippen molar-refractivity contribution in [1.82, 2.24) is 0 Å². The second-order valence-electron chi connectivity index (χ2n) is 3.31. The number of hydrogen-bond acceptors (Lipinski definition) is 4. The van der Waals surface area contributed by atoms with Gasteiger partial charge >= 0.3 is 11.9 Å². The molecule has 7 heteroatoms. The van der Waals surface area contributed by atoms with E-state index in [-0.39, 0.29) is 18.8 Å². The minimum Gasteiger partial charge on any atom is -0.480 e. The van der Waals surface area contributed by atoms with E-state index in [1.807, 2.05) is 0 Å². The van der Waals surface area contributed by atoms with E-state index in [1.165, 1.54) is 6.92 Å². The Kier molecular flexibility index (Phi) is 14.5. The molecule has 0 amide bonds. The Morgan fingerprint density at radius 3 is 1.35 bits per heavy atom. The van der Waals surface area contributed by atoms with Gasteiger partial charge in [-0.25, -0.2) is 4.79 Å². The normalized spacial score (nSPS) is 9.06. The summed E-state index contributed by atoms with van der Waals surface area (Å²) in [4.78, 5) is 19.6. The first-order valence-electron chi connectivity index (χ1n) is 4.53. The fraction of sp³-hybridized carbons (Fsp3) is 0.600. The molecule has 0 spiro atoms. The zero-order chi connectivity index (χ0) is 14.6. The Morgan fingerprint density at radius 2 is 1.35 bits per heavy atom. The van der Waals surface area contributed by atoms with Crippen LogP contribution in [0, 0.1) is 0 Å². The van der Waals surface area contributed by atoms with E-state index in [2.05, 4.69) is 22.5 Å². The molecule has 102 valence electrons. The third-order valence-electron chi connectivity index (χ3n) is 0.974. The molecular formula is C10H19BrO6. The smallest absolute Gasteiger partial charge is 0.330 e. The number of alkyl halides is 1. The maximum atomic E-state index is 9.97. The lowest BCUT2D eigenvalue weighted by molar-refractivity contribution is -0.138. The molecule has 0 aliphatic carbocycles. The van der Waals surface area contributed by atoms with Crippen LogP contribution in [0.4, 0.5) is 0 Å². The van der Waals surface area contributed by atoms with Gasteiger partial charge in [-0.05, 0) is 20.8 Å². The lowest BCUT2D eigenvalue weighted by atomic mass is 10.2. The molecule has 0 atom stereocenters. The number of aliphatic carboxylic acids is 2. The summed E-state index contributed by atoms with van der Waals surface area (Å²) in [6.07, 6.45) is 0. The first-order chi connectivity index (χ1) is 7.50. The summed E-state index contributed by atoms with van der Waals surface area (Å²) >= 11 is 2.94. The molecule has 0 aliphatic rings. The van der Waals surface area contributed by atoms with Crippen LogP contribution in [0.3, 0.4) is 0 Å². The highest BCUT2D eigenvalue weighted by molar-refractivity contribution is 9.10. The minimum absolute atomic E-state index is 0.125. The first-order valence-corrected chi connectivity index (χ1v) is 5.32. The van der Waals surface area contributed by atoms with Crippen molar-refractivity contribution in [2.75, 3.05) is 13.2 Å². The summed E-state index contributed by atoms with van der Waals surface area (Å²) in [7, 11) is 0. The monoisotopic (exact) mass is 314 g/mol. The van der Waals surface area contributed by atoms with Gasteiger partial charge in [-0.3, -0.25) is 4.79 Å². The van der Waals surface area contributed by atoms with Crippen LogP contribution in [0.15, 0.2) is 12.2 Å². The molecule has 0 fully saturated rings. The van der Waals surface area contributed by atoms with Gasteiger partial charge in [0.2, 0.25) is 0 Å². The molecule has 0 radical (unpaired) electrons. The van der Waals surface area contributed by atoms with E-state index in [9.17, 15) is 9.59 Å². The zero-order valence-corrected chi connectivity index (χ0v) is 11.7. The highest BCUT2D eigenvalue weighted by Crippen LogP contribution is 2.14. The van der Waals surface area contributed by atoms with Crippen LogP contribution in [0.1, 0.15) is 20.8 Å². The van der Waals surface area contributed by atoms with Gasteiger partial charge in [0, 0.05) is 5.57 Å². The molecule has 0 rings (SSSR count). The summed E-state index contributed by atoms with van der Waals surface area (Å²) < 4.78 is -0.771. The van der Waals surface area contributed by atoms with E-state index in [4.69, 9.17) is 20.4 Å². The fourth-order valence-electron chi connectivity index (χ4n) is 0. The van der Waals surface area contributed by atoms with Gasteiger partial charge < -0.3 is 20.4 Å². The first kappa shape index (κ1) is 21.4. The van der Waals surface area contributed by atoms with Crippen LogP contribution >= 0.6 is 15.9 Å². The standard InChI is InChI=1S/C4H7BrO2.C4H6O2.C2H6O2/c1-4(2,5)3(6)7;1-3(2)4(5)6;3-1-2-4/h1-2H3,(H,6,7);1H2,2H3,(H,5,6);3-4H,1-2H2. The molecule has 0 aliphatic heterocycles. The van der Waals surface area contributed by atoms with Crippen LogP contribution in [0.2, 0.25) is 0 Å². The van der Waals surface area contributed by atoms with Crippen molar-refractivity contribution in [1.29, 1.82) is 0 Å². The van der Waals surface area contributed by atoms with Gasteiger partial charge in [0.25, 0.3) is 0 Å². The molecule has 0 bridgehead atoms. The minimum atomic E-state index is -0.935. The molecular weight excluding hydrogens is 296 g/mol. The van der Waals surface area contributed by atoms with E-state index >= 15 is 0 Å². The molecule has 0 aromatic heterocycles. The molecule has 0 saturated heterocycles.